The number of amides is 1. The van der Waals surface area contributed by atoms with E-state index in [1.54, 1.807) is 16.8 Å². The highest BCUT2D eigenvalue weighted by Crippen LogP contribution is 2.40. The molecule has 0 radical (unpaired) electrons. The third-order valence-corrected chi connectivity index (χ3v) is 5.22. The summed E-state index contributed by atoms with van der Waals surface area (Å²) in [7, 11) is 0. The van der Waals surface area contributed by atoms with Crippen LogP contribution >= 0.6 is 11.9 Å². The van der Waals surface area contributed by atoms with Crippen LogP contribution in [-0.2, 0) is 16.1 Å². The number of fused-ring (bicyclic) bond motifs is 1. The third kappa shape index (κ3) is 3.76. The van der Waals surface area contributed by atoms with Crippen LogP contribution in [0.4, 0.5) is 16.2 Å². The van der Waals surface area contributed by atoms with Crippen molar-refractivity contribution >= 4 is 29.4 Å². The van der Waals surface area contributed by atoms with Gasteiger partial charge in [-0.05, 0) is 63.4 Å². The number of ether oxygens (including phenoxy) is 1. The molecule has 0 atom stereocenters. The summed E-state index contributed by atoms with van der Waals surface area (Å²) in [5, 5.41) is 0. The normalized spacial score (nSPS) is 15.5. The van der Waals surface area contributed by atoms with Gasteiger partial charge in [0.05, 0.1) is 5.69 Å². The molecule has 2 aromatic carbocycles. The summed E-state index contributed by atoms with van der Waals surface area (Å²) in [6.07, 6.45) is -0.283. The molecule has 25 heavy (non-hydrogen) atoms. The van der Waals surface area contributed by atoms with E-state index in [1.165, 1.54) is 11.1 Å². The number of cyclic esters (lactones) is 1. The van der Waals surface area contributed by atoms with E-state index in [9.17, 15) is 4.79 Å². The fourth-order valence-electron chi connectivity index (χ4n) is 2.93. The monoisotopic (exact) mass is 356 g/mol. The Kier molecular flexibility index (Phi) is 4.95. The van der Waals surface area contributed by atoms with E-state index < -0.39 is 5.60 Å². The summed E-state index contributed by atoms with van der Waals surface area (Å²) in [5.74, 6) is 0.886. The van der Waals surface area contributed by atoms with Crippen LogP contribution in [0.3, 0.4) is 0 Å². The summed E-state index contributed by atoms with van der Waals surface area (Å²) in [4.78, 5) is 13.8. The second kappa shape index (κ2) is 7.00. The van der Waals surface area contributed by atoms with E-state index >= 15 is 0 Å². The summed E-state index contributed by atoms with van der Waals surface area (Å²) >= 11 is 1.65. The molecule has 1 heterocycles. The Bertz CT molecular complexity index is 772. The first kappa shape index (κ1) is 17.7. The number of carbonyl (C=O) groups excluding carboxylic acids is 1. The van der Waals surface area contributed by atoms with Gasteiger partial charge < -0.3 is 9.46 Å². The van der Waals surface area contributed by atoms with E-state index in [4.69, 9.17) is 4.74 Å². The molecule has 0 saturated heterocycles. The molecule has 0 fully saturated rings. The Balaban J connectivity index is 1.74. The number of hydrogen-bond acceptors (Lipinski definition) is 4. The lowest BCUT2D eigenvalue weighted by molar-refractivity contribution is 0.0353. The SMILES string of the molecule is CCN1C(=O)OC(C)(C)c2cc(NSCc3ccc(C)cc3)ccc21. The highest BCUT2D eigenvalue weighted by molar-refractivity contribution is 7.99. The van der Waals surface area contributed by atoms with Crippen molar-refractivity contribution < 1.29 is 9.53 Å². The van der Waals surface area contributed by atoms with Gasteiger partial charge in [-0.3, -0.25) is 4.90 Å². The van der Waals surface area contributed by atoms with Crippen molar-refractivity contribution in [3.05, 3.63) is 59.2 Å². The fraction of sp³-hybridized carbons (Fsp3) is 0.350. The zero-order valence-corrected chi connectivity index (χ0v) is 15.9. The van der Waals surface area contributed by atoms with Crippen molar-refractivity contribution in [3.63, 3.8) is 0 Å². The number of aryl methyl sites for hydroxylation is 1. The number of rotatable bonds is 5. The molecule has 1 amide bonds. The highest BCUT2D eigenvalue weighted by atomic mass is 32.2. The number of anilines is 2. The largest absolute Gasteiger partial charge is 0.438 e. The molecule has 5 heteroatoms. The Morgan fingerprint density at radius 2 is 1.88 bits per heavy atom. The fourth-order valence-corrected chi connectivity index (χ4v) is 3.66. The van der Waals surface area contributed by atoms with Gasteiger partial charge in [-0.1, -0.05) is 29.8 Å². The van der Waals surface area contributed by atoms with E-state index in [0.717, 1.165) is 22.7 Å². The van der Waals surface area contributed by atoms with Crippen molar-refractivity contribution in [3.8, 4) is 0 Å². The van der Waals surface area contributed by atoms with Crippen molar-refractivity contribution in [1.82, 2.24) is 0 Å². The molecule has 2 aromatic rings. The molecule has 0 bridgehead atoms. The minimum absolute atomic E-state index is 0.283. The summed E-state index contributed by atoms with van der Waals surface area (Å²) in [5.41, 5.74) is 4.89. The maximum atomic E-state index is 12.1. The summed E-state index contributed by atoms with van der Waals surface area (Å²) in [6.45, 7) is 8.50. The van der Waals surface area contributed by atoms with Crippen molar-refractivity contribution in [2.75, 3.05) is 16.2 Å². The van der Waals surface area contributed by atoms with E-state index in [0.29, 0.717) is 6.54 Å². The van der Waals surface area contributed by atoms with Gasteiger partial charge in [0, 0.05) is 23.5 Å². The first-order valence-corrected chi connectivity index (χ1v) is 9.47. The minimum atomic E-state index is -0.628. The molecule has 4 nitrogen and oxygen atoms in total. The molecule has 132 valence electrons. The predicted molar refractivity (Wildman–Crippen MR) is 105 cm³/mol. The van der Waals surface area contributed by atoms with E-state index in [2.05, 4.69) is 42.0 Å². The summed E-state index contributed by atoms with van der Waals surface area (Å²) < 4.78 is 8.99. The van der Waals surface area contributed by atoms with Crippen LogP contribution in [0.1, 0.15) is 37.5 Å². The van der Waals surface area contributed by atoms with E-state index in [-0.39, 0.29) is 6.09 Å². The Morgan fingerprint density at radius 3 is 2.56 bits per heavy atom. The standard InChI is InChI=1S/C20H24N2O2S/c1-5-22-18-11-10-16(12-17(18)20(3,4)24-19(22)23)21-25-13-15-8-6-14(2)7-9-15/h6-12,21H,5,13H2,1-4H3. The zero-order chi connectivity index (χ0) is 18.0. The van der Waals surface area contributed by atoms with Gasteiger partial charge in [-0.25, -0.2) is 4.79 Å². The number of nitrogens with zero attached hydrogens (tertiary/aromatic N) is 1. The molecule has 0 aliphatic carbocycles. The van der Waals surface area contributed by atoms with Crippen LogP contribution in [0.15, 0.2) is 42.5 Å². The first-order chi connectivity index (χ1) is 11.9. The molecular weight excluding hydrogens is 332 g/mol. The van der Waals surface area contributed by atoms with Gasteiger partial charge in [-0.15, -0.1) is 0 Å². The quantitative estimate of drug-likeness (QED) is 0.722. The van der Waals surface area contributed by atoms with E-state index in [1.807, 2.05) is 32.9 Å². The van der Waals surface area contributed by atoms with Crippen molar-refractivity contribution in [2.45, 2.75) is 39.0 Å². The van der Waals surface area contributed by atoms with Crippen LogP contribution in [0, 0.1) is 6.92 Å². The number of hydrogen-bond donors (Lipinski definition) is 1. The first-order valence-electron chi connectivity index (χ1n) is 8.49. The molecular formula is C20H24N2O2S. The third-order valence-electron chi connectivity index (χ3n) is 4.36. The molecule has 1 N–H and O–H groups in total. The number of benzene rings is 2. The van der Waals surface area contributed by atoms with Gasteiger partial charge in [-0.2, -0.15) is 0 Å². The maximum absolute atomic E-state index is 12.1. The van der Waals surface area contributed by atoms with Gasteiger partial charge >= 0.3 is 6.09 Å². The second-order valence-electron chi connectivity index (χ2n) is 6.73. The molecule has 1 aliphatic rings. The van der Waals surface area contributed by atoms with Crippen LogP contribution in [0.5, 0.6) is 0 Å². The molecule has 0 unspecified atom stereocenters. The van der Waals surface area contributed by atoms with Gasteiger partial charge in [0.15, 0.2) is 0 Å². The molecule has 0 spiro atoms. The van der Waals surface area contributed by atoms with Gasteiger partial charge in [0.1, 0.15) is 5.60 Å². The summed E-state index contributed by atoms with van der Waals surface area (Å²) in [6, 6.07) is 14.6. The topological polar surface area (TPSA) is 41.6 Å². The number of carbonyl (C=O) groups is 1. The lowest BCUT2D eigenvalue weighted by Crippen LogP contribution is -2.43. The molecule has 0 aromatic heterocycles. The Labute approximate surface area is 153 Å². The van der Waals surface area contributed by atoms with Gasteiger partial charge in [0.25, 0.3) is 0 Å². The minimum Gasteiger partial charge on any atom is -0.438 e. The highest BCUT2D eigenvalue weighted by Gasteiger charge is 2.37. The van der Waals surface area contributed by atoms with Crippen LogP contribution in [-0.4, -0.2) is 12.6 Å². The molecule has 3 rings (SSSR count). The smallest absolute Gasteiger partial charge is 0.415 e. The van der Waals surface area contributed by atoms with Crippen LogP contribution in [0.2, 0.25) is 0 Å². The second-order valence-corrected chi connectivity index (χ2v) is 7.51. The molecule has 0 saturated carbocycles. The van der Waals surface area contributed by atoms with Crippen molar-refractivity contribution in [1.29, 1.82) is 0 Å². The number of nitrogens with one attached hydrogen (secondary N) is 1. The lowest BCUT2D eigenvalue weighted by atomic mass is 9.93. The average Bonchev–Trinajstić information content (AvgIpc) is 2.57. The predicted octanol–water partition coefficient (Wildman–Crippen LogP) is 5.47. The Hall–Kier alpha value is -2.14. The zero-order valence-electron chi connectivity index (χ0n) is 15.1. The van der Waals surface area contributed by atoms with Crippen LogP contribution < -0.4 is 9.62 Å². The maximum Gasteiger partial charge on any atom is 0.415 e. The van der Waals surface area contributed by atoms with Crippen molar-refractivity contribution in [2.24, 2.45) is 0 Å². The van der Waals surface area contributed by atoms with Gasteiger partial charge in [0.2, 0.25) is 0 Å². The van der Waals surface area contributed by atoms with Crippen LogP contribution in [0.25, 0.3) is 0 Å². The molecule has 1 aliphatic heterocycles. The average molecular weight is 356 g/mol. The Morgan fingerprint density at radius 1 is 1.16 bits per heavy atom. The lowest BCUT2D eigenvalue weighted by Gasteiger charge is -2.38.